The number of nitrogens with one attached hydrogen (secondary N) is 3. The van der Waals surface area contributed by atoms with Crippen LogP contribution in [0.25, 0.3) is 0 Å². The second-order valence-electron chi connectivity index (χ2n) is 9.39. The van der Waals surface area contributed by atoms with Gasteiger partial charge in [-0.2, -0.15) is 0 Å². The molecule has 1 aromatic carbocycles. The van der Waals surface area contributed by atoms with Crippen LogP contribution in [0.1, 0.15) is 45.6 Å². The Labute approximate surface area is 206 Å². The number of alkyl carbamates (subject to hydrolysis) is 1. The summed E-state index contributed by atoms with van der Waals surface area (Å²) < 4.78 is 10.2. The second kappa shape index (κ2) is 11.9. The van der Waals surface area contributed by atoms with Gasteiger partial charge in [-0.25, -0.2) is 4.79 Å². The number of hydrogen-bond donors (Lipinski definition) is 3. The Balaban J connectivity index is 1.37. The number of esters is 1. The van der Waals surface area contributed by atoms with Crippen molar-refractivity contribution in [3.05, 3.63) is 48.6 Å². The van der Waals surface area contributed by atoms with Crippen LogP contribution in [0.3, 0.4) is 0 Å². The lowest BCUT2D eigenvalue weighted by molar-refractivity contribution is -0.193. The van der Waals surface area contributed by atoms with Gasteiger partial charge in [0.1, 0.15) is 18.6 Å². The molecule has 1 aliphatic carbocycles. The van der Waals surface area contributed by atoms with Crippen molar-refractivity contribution in [1.82, 2.24) is 16.0 Å². The van der Waals surface area contributed by atoms with E-state index in [2.05, 4.69) is 22.5 Å². The summed E-state index contributed by atoms with van der Waals surface area (Å²) in [6.07, 6.45) is 2.42. The van der Waals surface area contributed by atoms with Gasteiger partial charge in [0.05, 0.1) is 0 Å². The van der Waals surface area contributed by atoms with Gasteiger partial charge in [0.2, 0.25) is 5.91 Å². The largest absolute Gasteiger partial charge is 0.451 e. The number of hydrogen-bond acceptors (Lipinski definition) is 6. The summed E-state index contributed by atoms with van der Waals surface area (Å²) in [6, 6.07) is 8.13. The van der Waals surface area contributed by atoms with Crippen molar-refractivity contribution in [1.29, 1.82) is 0 Å². The van der Waals surface area contributed by atoms with Gasteiger partial charge in [-0.3, -0.25) is 14.4 Å². The van der Waals surface area contributed by atoms with E-state index in [1.54, 1.807) is 13.0 Å². The smallest absolute Gasteiger partial charge is 0.408 e. The number of rotatable bonds is 12. The molecule has 3 amide bonds. The molecule has 3 rings (SSSR count). The molecule has 0 spiro atoms. The van der Waals surface area contributed by atoms with Crippen LogP contribution in [-0.2, 0) is 30.5 Å². The van der Waals surface area contributed by atoms with Crippen LogP contribution in [0, 0.1) is 17.8 Å². The third kappa shape index (κ3) is 7.07. The number of benzene rings is 1. The van der Waals surface area contributed by atoms with E-state index in [-0.39, 0.29) is 54.2 Å². The lowest BCUT2D eigenvalue weighted by Gasteiger charge is -2.37. The predicted molar refractivity (Wildman–Crippen MR) is 129 cm³/mol. The lowest BCUT2D eigenvalue weighted by Crippen LogP contribution is -2.56. The lowest BCUT2D eigenvalue weighted by atomic mass is 9.83. The molecule has 0 aromatic heterocycles. The molecule has 0 bridgehead atoms. The van der Waals surface area contributed by atoms with Gasteiger partial charge in [-0.05, 0) is 37.2 Å². The van der Waals surface area contributed by atoms with Crippen molar-refractivity contribution >= 4 is 23.9 Å². The fourth-order valence-electron chi connectivity index (χ4n) is 4.13. The second-order valence-corrected chi connectivity index (χ2v) is 9.39. The molecule has 1 heterocycles. The summed E-state index contributed by atoms with van der Waals surface area (Å²) in [5.74, 6) is -1.04. The third-order valence-corrected chi connectivity index (χ3v) is 6.72. The number of amides is 3. The maximum absolute atomic E-state index is 12.5. The Kier molecular flexibility index (Phi) is 8.89. The van der Waals surface area contributed by atoms with Gasteiger partial charge in [0, 0.05) is 12.1 Å². The first-order valence-corrected chi connectivity index (χ1v) is 12.1. The highest BCUT2D eigenvalue weighted by atomic mass is 16.6. The minimum Gasteiger partial charge on any atom is -0.451 e. The maximum Gasteiger partial charge on any atom is 0.408 e. The zero-order valence-corrected chi connectivity index (χ0v) is 20.5. The standard InChI is InChI=1S/C26H35N3O6/c1-5-15(3)21-22(35-25(21)32)24(31)29-20-13-18(20)12-19(6-2)28-23(30)16(4)27-26(33)34-14-17-10-8-7-9-11-17/h6-11,15-16,18-22H,2,5,12-14H2,1,3-4H3,(H,27,33)(H,28,30)(H,29,31)/t15-,16+,18+,19+,20-,21-,22+/m0/s1. The Morgan fingerprint density at radius 2 is 1.91 bits per heavy atom. The average molecular weight is 486 g/mol. The van der Waals surface area contributed by atoms with Crippen LogP contribution < -0.4 is 16.0 Å². The first kappa shape index (κ1) is 26.2. The number of ether oxygens (including phenoxy) is 2. The molecule has 2 aliphatic rings. The van der Waals surface area contributed by atoms with E-state index in [4.69, 9.17) is 9.47 Å². The van der Waals surface area contributed by atoms with E-state index >= 15 is 0 Å². The normalized spacial score (nSPS) is 25.1. The van der Waals surface area contributed by atoms with Gasteiger partial charge < -0.3 is 25.4 Å². The number of cyclic esters (lactones) is 1. The van der Waals surface area contributed by atoms with Crippen LogP contribution in [0.2, 0.25) is 0 Å². The first-order valence-electron chi connectivity index (χ1n) is 12.1. The van der Waals surface area contributed by atoms with Crippen molar-refractivity contribution in [2.75, 3.05) is 0 Å². The molecule has 1 aromatic rings. The molecule has 1 aliphatic heterocycles. The van der Waals surface area contributed by atoms with Crippen molar-refractivity contribution in [3.8, 4) is 0 Å². The quantitative estimate of drug-likeness (QED) is 0.309. The van der Waals surface area contributed by atoms with Crippen molar-refractivity contribution < 1.29 is 28.7 Å². The maximum atomic E-state index is 12.5. The van der Waals surface area contributed by atoms with E-state index in [0.717, 1.165) is 18.4 Å². The molecule has 2 fully saturated rings. The van der Waals surface area contributed by atoms with Gasteiger partial charge >= 0.3 is 12.1 Å². The predicted octanol–water partition coefficient (Wildman–Crippen LogP) is 2.45. The highest BCUT2D eigenvalue weighted by Crippen LogP contribution is 2.37. The van der Waals surface area contributed by atoms with Crippen LogP contribution >= 0.6 is 0 Å². The molecule has 3 N–H and O–H groups in total. The zero-order chi connectivity index (χ0) is 25.5. The highest BCUT2D eigenvalue weighted by Gasteiger charge is 2.51. The van der Waals surface area contributed by atoms with Gasteiger partial charge in [0.15, 0.2) is 6.10 Å². The summed E-state index contributed by atoms with van der Waals surface area (Å²) in [4.78, 5) is 48.8. The van der Waals surface area contributed by atoms with Gasteiger partial charge in [-0.1, -0.05) is 56.7 Å². The molecule has 190 valence electrons. The van der Waals surface area contributed by atoms with E-state index in [1.165, 1.54) is 0 Å². The van der Waals surface area contributed by atoms with Gasteiger partial charge in [0.25, 0.3) is 5.91 Å². The fraction of sp³-hybridized carbons (Fsp3) is 0.538. The first-order chi connectivity index (χ1) is 16.7. The molecule has 0 unspecified atom stereocenters. The van der Waals surface area contributed by atoms with Crippen LogP contribution in [0.4, 0.5) is 4.79 Å². The summed E-state index contributed by atoms with van der Waals surface area (Å²) in [7, 11) is 0. The zero-order valence-electron chi connectivity index (χ0n) is 20.5. The molecular formula is C26H35N3O6. The summed E-state index contributed by atoms with van der Waals surface area (Å²) >= 11 is 0. The molecule has 35 heavy (non-hydrogen) atoms. The molecule has 1 saturated carbocycles. The van der Waals surface area contributed by atoms with Crippen molar-refractivity contribution in [2.24, 2.45) is 17.8 Å². The third-order valence-electron chi connectivity index (χ3n) is 6.72. The Bertz CT molecular complexity index is 936. The SMILES string of the molecule is C=C[C@H](C[C@@H]1C[C@@H]1NC(=O)[C@@H]1OC(=O)[C@H]1[C@@H](C)CC)NC(=O)[C@@H](C)NC(=O)OCc1ccccc1. The van der Waals surface area contributed by atoms with E-state index < -0.39 is 18.2 Å². The molecular weight excluding hydrogens is 450 g/mol. The van der Waals surface area contributed by atoms with E-state index in [9.17, 15) is 19.2 Å². The Hall–Kier alpha value is -3.36. The van der Waals surface area contributed by atoms with Crippen molar-refractivity contribution in [3.63, 3.8) is 0 Å². The van der Waals surface area contributed by atoms with Crippen LogP contribution in [-0.4, -0.2) is 48.1 Å². The van der Waals surface area contributed by atoms with E-state index in [0.29, 0.717) is 6.42 Å². The topological polar surface area (TPSA) is 123 Å². The average Bonchev–Trinajstić information content (AvgIpc) is 3.57. The Morgan fingerprint density at radius 1 is 1.20 bits per heavy atom. The van der Waals surface area contributed by atoms with Gasteiger partial charge in [-0.15, -0.1) is 6.58 Å². The monoisotopic (exact) mass is 485 g/mol. The summed E-state index contributed by atoms with van der Waals surface area (Å²) in [5.41, 5.74) is 0.850. The highest BCUT2D eigenvalue weighted by molar-refractivity contribution is 5.94. The summed E-state index contributed by atoms with van der Waals surface area (Å²) in [6.45, 7) is 9.41. The summed E-state index contributed by atoms with van der Waals surface area (Å²) in [5, 5.41) is 8.34. The van der Waals surface area contributed by atoms with Crippen LogP contribution in [0.5, 0.6) is 0 Å². The van der Waals surface area contributed by atoms with E-state index in [1.807, 2.05) is 44.2 Å². The molecule has 7 atom stereocenters. The Morgan fingerprint density at radius 3 is 2.54 bits per heavy atom. The number of carbonyl (C=O) groups excluding carboxylic acids is 4. The molecule has 1 saturated heterocycles. The minimum absolute atomic E-state index is 0.0257. The van der Waals surface area contributed by atoms with Crippen LogP contribution in [0.15, 0.2) is 43.0 Å². The minimum atomic E-state index is -0.791. The fourth-order valence-corrected chi connectivity index (χ4v) is 4.13. The molecule has 9 nitrogen and oxygen atoms in total. The molecule has 0 radical (unpaired) electrons. The molecule has 9 heteroatoms. The number of carbonyl (C=O) groups is 4. The van der Waals surface area contributed by atoms with Crippen molar-refractivity contribution in [2.45, 2.75) is 70.9 Å².